The van der Waals surface area contributed by atoms with Crippen molar-refractivity contribution in [3.05, 3.63) is 16.8 Å². The third-order valence-electron chi connectivity index (χ3n) is 4.10. The van der Waals surface area contributed by atoms with Crippen LogP contribution in [0.25, 0.3) is 10.2 Å². The van der Waals surface area contributed by atoms with Crippen molar-refractivity contribution in [1.82, 2.24) is 15.3 Å². The highest BCUT2D eigenvalue weighted by atomic mass is 32.1. The quantitative estimate of drug-likeness (QED) is 0.915. The molecule has 0 aromatic carbocycles. The Morgan fingerprint density at radius 1 is 1.37 bits per heavy atom. The van der Waals surface area contributed by atoms with E-state index in [1.54, 1.807) is 17.7 Å². The van der Waals surface area contributed by atoms with E-state index in [1.165, 1.54) is 28.7 Å². The van der Waals surface area contributed by atoms with Gasteiger partial charge in [-0.3, -0.25) is 0 Å². The van der Waals surface area contributed by atoms with E-state index in [0.29, 0.717) is 6.04 Å². The van der Waals surface area contributed by atoms with Crippen LogP contribution in [0.3, 0.4) is 0 Å². The first-order chi connectivity index (χ1) is 9.18. The van der Waals surface area contributed by atoms with Crippen molar-refractivity contribution in [1.29, 1.82) is 0 Å². The van der Waals surface area contributed by atoms with Gasteiger partial charge < -0.3 is 10.2 Å². The number of rotatable bonds is 2. The second-order valence-corrected chi connectivity index (χ2v) is 6.47. The van der Waals surface area contributed by atoms with Gasteiger partial charge in [0.15, 0.2) is 0 Å². The van der Waals surface area contributed by atoms with Crippen LogP contribution in [-0.4, -0.2) is 36.1 Å². The smallest absolute Gasteiger partial charge is 0.141 e. The second-order valence-electron chi connectivity index (χ2n) is 5.27. The molecule has 1 aliphatic rings. The average molecular weight is 276 g/mol. The van der Waals surface area contributed by atoms with Crippen molar-refractivity contribution >= 4 is 27.4 Å². The zero-order chi connectivity index (χ0) is 13.4. The number of likely N-dealkylation sites (N-methyl/N-ethyl adjacent to an activating group) is 1. The molecule has 0 spiro atoms. The molecular formula is C14H20N4S. The van der Waals surface area contributed by atoms with E-state index in [1.807, 2.05) is 0 Å². The lowest BCUT2D eigenvalue weighted by atomic mass is 10.1. The number of nitrogens with one attached hydrogen (secondary N) is 1. The predicted molar refractivity (Wildman–Crippen MR) is 81.2 cm³/mol. The van der Waals surface area contributed by atoms with Gasteiger partial charge in [-0.2, -0.15) is 0 Å². The fraction of sp³-hybridized carbons (Fsp3) is 0.571. The first kappa shape index (κ1) is 12.8. The lowest BCUT2D eigenvalue weighted by molar-refractivity contribution is 0.444. The van der Waals surface area contributed by atoms with Crippen LogP contribution < -0.4 is 10.2 Å². The van der Waals surface area contributed by atoms with Gasteiger partial charge in [-0.25, -0.2) is 9.97 Å². The summed E-state index contributed by atoms with van der Waals surface area (Å²) < 4.78 is 0. The first-order valence-corrected chi connectivity index (χ1v) is 7.64. The molecule has 0 saturated carbocycles. The number of nitrogens with zero attached hydrogens (tertiary/aromatic N) is 3. The molecule has 2 aromatic heterocycles. The minimum atomic E-state index is 0.534. The Morgan fingerprint density at radius 3 is 2.95 bits per heavy atom. The summed E-state index contributed by atoms with van der Waals surface area (Å²) in [5.41, 5.74) is 1.33. The molecule has 1 N–H and O–H groups in total. The van der Waals surface area contributed by atoms with E-state index in [-0.39, 0.29) is 0 Å². The van der Waals surface area contributed by atoms with E-state index in [9.17, 15) is 0 Å². The van der Waals surface area contributed by atoms with Crippen LogP contribution in [-0.2, 0) is 0 Å². The highest BCUT2D eigenvalue weighted by molar-refractivity contribution is 7.18. The van der Waals surface area contributed by atoms with E-state index in [0.717, 1.165) is 23.7 Å². The Kier molecular flexibility index (Phi) is 3.41. The number of aromatic nitrogens is 2. The lowest BCUT2D eigenvalue weighted by Crippen LogP contribution is -2.44. The zero-order valence-electron chi connectivity index (χ0n) is 11.7. The monoisotopic (exact) mass is 276 g/mol. The molecule has 1 atom stereocenters. The van der Waals surface area contributed by atoms with E-state index >= 15 is 0 Å². The van der Waals surface area contributed by atoms with E-state index < -0.39 is 0 Å². The van der Waals surface area contributed by atoms with E-state index in [4.69, 9.17) is 0 Å². The molecule has 5 heteroatoms. The van der Waals surface area contributed by atoms with Gasteiger partial charge in [0.2, 0.25) is 0 Å². The highest BCUT2D eigenvalue weighted by Crippen LogP contribution is 2.34. The number of thiophene rings is 1. The summed E-state index contributed by atoms with van der Waals surface area (Å²) in [6.07, 6.45) is 4.17. The van der Waals surface area contributed by atoms with E-state index in [2.05, 4.69) is 41.1 Å². The minimum absolute atomic E-state index is 0.534. The van der Waals surface area contributed by atoms with Crippen molar-refractivity contribution in [3.8, 4) is 0 Å². The Balaban J connectivity index is 2.03. The summed E-state index contributed by atoms with van der Waals surface area (Å²) >= 11 is 1.76. The number of hydrogen-bond donors (Lipinski definition) is 1. The fourth-order valence-corrected chi connectivity index (χ4v) is 3.76. The topological polar surface area (TPSA) is 41.1 Å². The number of anilines is 1. The SMILES string of the molecule is Cc1sc2ncnc(N(C)C3CCCNC3)c2c1C. The maximum Gasteiger partial charge on any atom is 0.141 e. The highest BCUT2D eigenvalue weighted by Gasteiger charge is 2.22. The average Bonchev–Trinajstić information content (AvgIpc) is 2.74. The predicted octanol–water partition coefficient (Wildman–Crippen LogP) is 2.50. The van der Waals surface area contributed by atoms with Gasteiger partial charge >= 0.3 is 0 Å². The van der Waals surface area contributed by atoms with Gasteiger partial charge in [0, 0.05) is 24.5 Å². The summed E-state index contributed by atoms with van der Waals surface area (Å²) in [4.78, 5) is 13.7. The number of aryl methyl sites for hydroxylation is 2. The molecule has 3 heterocycles. The van der Waals surface area contributed by atoms with Gasteiger partial charge in [0.1, 0.15) is 17.0 Å². The molecule has 2 aromatic rings. The first-order valence-electron chi connectivity index (χ1n) is 6.82. The molecule has 4 nitrogen and oxygen atoms in total. The van der Waals surface area contributed by atoms with Gasteiger partial charge in [0.25, 0.3) is 0 Å². The molecule has 0 radical (unpaired) electrons. The standard InChI is InChI=1S/C14H20N4S/c1-9-10(2)19-14-12(9)13(16-8-17-14)18(3)11-5-4-6-15-7-11/h8,11,15H,4-7H2,1-3H3. The van der Waals surface area contributed by atoms with Gasteiger partial charge in [-0.15, -0.1) is 11.3 Å². The Morgan fingerprint density at radius 2 is 2.21 bits per heavy atom. The van der Waals surface area contributed by atoms with Crippen molar-refractivity contribution in [2.45, 2.75) is 32.7 Å². The summed E-state index contributed by atoms with van der Waals surface area (Å²) in [5, 5.41) is 4.71. The zero-order valence-corrected chi connectivity index (χ0v) is 12.5. The van der Waals surface area contributed by atoms with Crippen LogP contribution >= 0.6 is 11.3 Å². The third kappa shape index (κ3) is 2.21. The van der Waals surface area contributed by atoms with Crippen LogP contribution in [0.5, 0.6) is 0 Å². The largest absolute Gasteiger partial charge is 0.355 e. The number of piperidine rings is 1. The molecule has 0 aliphatic carbocycles. The lowest BCUT2D eigenvalue weighted by Gasteiger charge is -2.32. The Labute approximate surface area is 117 Å². The van der Waals surface area contributed by atoms with Crippen molar-refractivity contribution in [2.24, 2.45) is 0 Å². The minimum Gasteiger partial charge on any atom is -0.355 e. The number of fused-ring (bicyclic) bond motifs is 1. The molecule has 102 valence electrons. The van der Waals surface area contributed by atoms with Gasteiger partial charge in [-0.05, 0) is 38.8 Å². The van der Waals surface area contributed by atoms with Crippen LogP contribution in [0.4, 0.5) is 5.82 Å². The van der Waals surface area contributed by atoms with Crippen LogP contribution in [0.2, 0.25) is 0 Å². The molecule has 1 aliphatic heterocycles. The van der Waals surface area contributed by atoms with Crippen LogP contribution in [0.15, 0.2) is 6.33 Å². The summed E-state index contributed by atoms with van der Waals surface area (Å²) in [5.74, 6) is 1.08. The van der Waals surface area contributed by atoms with Gasteiger partial charge in [-0.1, -0.05) is 0 Å². The summed E-state index contributed by atoms with van der Waals surface area (Å²) in [6.45, 7) is 6.52. The molecule has 3 rings (SSSR count). The maximum atomic E-state index is 4.55. The second kappa shape index (κ2) is 5.06. The molecule has 0 amide bonds. The summed E-state index contributed by atoms with van der Waals surface area (Å²) in [6, 6.07) is 0.534. The molecule has 1 unspecified atom stereocenters. The number of hydrogen-bond acceptors (Lipinski definition) is 5. The molecule has 1 saturated heterocycles. The fourth-order valence-electron chi connectivity index (χ4n) is 2.77. The maximum absolute atomic E-state index is 4.55. The van der Waals surface area contributed by atoms with Crippen molar-refractivity contribution < 1.29 is 0 Å². The van der Waals surface area contributed by atoms with Crippen LogP contribution in [0, 0.1) is 13.8 Å². The molecule has 0 bridgehead atoms. The third-order valence-corrected chi connectivity index (χ3v) is 5.21. The Hall–Kier alpha value is -1.20. The van der Waals surface area contributed by atoms with Crippen LogP contribution in [0.1, 0.15) is 23.3 Å². The molecule has 19 heavy (non-hydrogen) atoms. The van der Waals surface area contributed by atoms with Crippen molar-refractivity contribution in [2.75, 3.05) is 25.0 Å². The van der Waals surface area contributed by atoms with Crippen molar-refractivity contribution in [3.63, 3.8) is 0 Å². The molecule has 1 fully saturated rings. The molecular weight excluding hydrogens is 256 g/mol. The Bertz CT molecular complexity index is 586. The van der Waals surface area contributed by atoms with Gasteiger partial charge in [0.05, 0.1) is 5.39 Å². The summed E-state index contributed by atoms with van der Waals surface area (Å²) in [7, 11) is 2.16. The normalized spacial score (nSPS) is 19.8.